The number of hydrogen-bond donors (Lipinski definition) is 1. The number of rotatable bonds is 7. The number of hydrogen-bond acceptors (Lipinski definition) is 3. The second kappa shape index (κ2) is 6.50. The van der Waals surface area contributed by atoms with E-state index in [2.05, 4.69) is 9.71 Å². The van der Waals surface area contributed by atoms with Crippen molar-refractivity contribution in [2.24, 2.45) is 0 Å². The fourth-order valence-electron chi connectivity index (χ4n) is 1.41. The average Bonchev–Trinajstić information content (AvgIpc) is 2.37. The van der Waals surface area contributed by atoms with E-state index >= 15 is 0 Å². The van der Waals surface area contributed by atoms with Gasteiger partial charge < -0.3 is 0 Å². The van der Waals surface area contributed by atoms with Crippen LogP contribution in [0.1, 0.15) is 26.0 Å². The molecule has 0 aliphatic carbocycles. The van der Waals surface area contributed by atoms with Crippen molar-refractivity contribution < 1.29 is 8.42 Å². The maximum absolute atomic E-state index is 11.9. The van der Waals surface area contributed by atoms with Gasteiger partial charge in [0.1, 0.15) is 0 Å². The van der Waals surface area contributed by atoms with Gasteiger partial charge in [-0.25, -0.2) is 13.1 Å². The van der Waals surface area contributed by atoms with Gasteiger partial charge in [0.25, 0.3) is 0 Å². The SMILES string of the molecule is CCC(C)(CCl)NS(=O)(=O)CCc1ccccn1. The summed E-state index contributed by atoms with van der Waals surface area (Å²) in [5.41, 5.74) is 0.191. The number of pyridine rings is 1. The average molecular weight is 291 g/mol. The van der Waals surface area contributed by atoms with Gasteiger partial charge in [-0.1, -0.05) is 13.0 Å². The first-order valence-electron chi connectivity index (χ1n) is 5.88. The van der Waals surface area contributed by atoms with E-state index in [0.717, 1.165) is 5.69 Å². The Bertz CT molecular complexity index is 458. The number of alkyl halides is 1. The summed E-state index contributed by atoms with van der Waals surface area (Å²) in [6, 6.07) is 5.46. The van der Waals surface area contributed by atoms with Crippen LogP contribution in [0, 0.1) is 0 Å². The molecule has 0 bridgehead atoms. The highest BCUT2D eigenvalue weighted by molar-refractivity contribution is 7.89. The predicted octanol–water partition coefficient (Wildman–Crippen LogP) is 1.95. The van der Waals surface area contributed by atoms with Gasteiger partial charge in [-0.15, -0.1) is 11.6 Å². The van der Waals surface area contributed by atoms with E-state index in [0.29, 0.717) is 12.8 Å². The molecule has 0 aliphatic heterocycles. The summed E-state index contributed by atoms with van der Waals surface area (Å²) < 4.78 is 26.5. The molecule has 0 aromatic carbocycles. The summed E-state index contributed by atoms with van der Waals surface area (Å²) in [5.74, 6) is 0.281. The molecule has 1 rings (SSSR count). The maximum Gasteiger partial charge on any atom is 0.212 e. The molecule has 0 aliphatic rings. The van der Waals surface area contributed by atoms with Crippen LogP contribution in [0.15, 0.2) is 24.4 Å². The van der Waals surface area contributed by atoms with Crippen molar-refractivity contribution in [2.45, 2.75) is 32.2 Å². The number of sulfonamides is 1. The first kappa shape index (κ1) is 15.4. The lowest BCUT2D eigenvalue weighted by molar-refractivity contribution is 0.444. The van der Waals surface area contributed by atoms with Crippen LogP contribution in [0.25, 0.3) is 0 Å². The van der Waals surface area contributed by atoms with Crippen LogP contribution in [-0.2, 0) is 16.4 Å². The minimum atomic E-state index is -3.34. The smallest absolute Gasteiger partial charge is 0.212 e. The highest BCUT2D eigenvalue weighted by atomic mass is 35.5. The van der Waals surface area contributed by atoms with E-state index in [9.17, 15) is 8.42 Å². The largest absolute Gasteiger partial charge is 0.261 e. The summed E-state index contributed by atoms with van der Waals surface area (Å²) in [5, 5.41) is 0. The molecule has 1 aromatic rings. The lowest BCUT2D eigenvalue weighted by Gasteiger charge is -2.26. The van der Waals surface area contributed by atoms with Gasteiger partial charge in [0.05, 0.1) is 5.75 Å². The van der Waals surface area contributed by atoms with E-state index in [4.69, 9.17) is 11.6 Å². The van der Waals surface area contributed by atoms with Crippen LogP contribution in [0.3, 0.4) is 0 Å². The molecule has 1 heterocycles. The first-order chi connectivity index (χ1) is 8.41. The summed E-state index contributed by atoms with van der Waals surface area (Å²) in [4.78, 5) is 4.10. The molecule has 0 amide bonds. The van der Waals surface area contributed by atoms with E-state index in [-0.39, 0.29) is 11.6 Å². The quantitative estimate of drug-likeness (QED) is 0.781. The number of nitrogens with one attached hydrogen (secondary N) is 1. The molecule has 0 saturated carbocycles. The van der Waals surface area contributed by atoms with Crippen molar-refractivity contribution in [3.05, 3.63) is 30.1 Å². The highest BCUT2D eigenvalue weighted by Gasteiger charge is 2.26. The third kappa shape index (κ3) is 4.92. The number of aromatic nitrogens is 1. The zero-order chi connectivity index (χ0) is 13.6. The van der Waals surface area contributed by atoms with Gasteiger partial charge in [0.15, 0.2) is 0 Å². The molecular weight excluding hydrogens is 272 g/mol. The third-order valence-electron chi connectivity index (χ3n) is 2.83. The molecule has 18 heavy (non-hydrogen) atoms. The topological polar surface area (TPSA) is 59.1 Å². The minimum Gasteiger partial charge on any atom is -0.261 e. The van der Waals surface area contributed by atoms with Crippen LogP contribution in [-0.4, -0.2) is 30.6 Å². The van der Waals surface area contributed by atoms with E-state index in [1.54, 1.807) is 19.2 Å². The second-order valence-corrected chi connectivity index (χ2v) is 6.65. The third-order valence-corrected chi connectivity index (χ3v) is 4.97. The Labute approximate surface area is 114 Å². The molecule has 0 radical (unpaired) electrons. The standard InChI is InChI=1S/C12H19ClN2O2S/c1-3-12(2,10-13)15-18(16,17)9-7-11-6-4-5-8-14-11/h4-6,8,15H,3,7,9-10H2,1-2H3. The fraction of sp³-hybridized carbons (Fsp3) is 0.583. The number of aryl methyl sites for hydroxylation is 1. The molecular formula is C12H19ClN2O2S. The number of nitrogens with zero attached hydrogens (tertiary/aromatic N) is 1. The van der Waals surface area contributed by atoms with Gasteiger partial charge >= 0.3 is 0 Å². The Morgan fingerprint density at radius 2 is 2.17 bits per heavy atom. The van der Waals surface area contributed by atoms with E-state index < -0.39 is 15.6 Å². The van der Waals surface area contributed by atoms with Crippen molar-refractivity contribution in [1.29, 1.82) is 0 Å². The lowest BCUT2D eigenvalue weighted by Crippen LogP contribution is -2.48. The molecule has 102 valence electrons. The Hall–Kier alpha value is -0.650. The molecule has 1 N–H and O–H groups in total. The molecule has 6 heteroatoms. The summed E-state index contributed by atoms with van der Waals surface area (Å²) in [6.45, 7) is 3.71. The summed E-state index contributed by atoms with van der Waals surface area (Å²) in [6.07, 6.45) is 2.71. The molecule has 0 spiro atoms. The molecule has 0 fully saturated rings. The van der Waals surface area contributed by atoms with Crippen LogP contribution in [0.2, 0.25) is 0 Å². The second-order valence-electron chi connectivity index (χ2n) is 4.54. The maximum atomic E-state index is 11.9. The summed E-state index contributed by atoms with van der Waals surface area (Å²) >= 11 is 5.79. The molecule has 0 saturated heterocycles. The van der Waals surface area contributed by atoms with Gasteiger partial charge in [0, 0.05) is 29.7 Å². The van der Waals surface area contributed by atoms with Gasteiger partial charge in [-0.05, 0) is 25.5 Å². The predicted molar refractivity (Wildman–Crippen MR) is 74.3 cm³/mol. The molecule has 4 nitrogen and oxygen atoms in total. The molecule has 1 unspecified atom stereocenters. The first-order valence-corrected chi connectivity index (χ1v) is 8.07. The Morgan fingerprint density at radius 3 is 2.67 bits per heavy atom. The van der Waals surface area contributed by atoms with E-state index in [1.807, 2.05) is 19.1 Å². The van der Waals surface area contributed by atoms with Gasteiger partial charge in [-0.3, -0.25) is 4.98 Å². The van der Waals surface area contributed by atoms with Crippen LogP contribution in [0.4, 0.5) is 0 Å². The Kier molecular flexibility index (Phi) is 5.56. The van der Waals surface area contributed by atoms with Crippen molar-refractivity contribution in [3.8, 4) is 0 Å². The van der Waals surface area contributed by atoms with Gasteiger partial charge in [-0.2, -0.15) is 0 Å². The van der Waals surface area contributed by atoms with Crippen LogP contribution < -0.4 is 4.72 Å². The minimum absolute atomic E-state index is 0.0243. The van der Waals surface area contributed by atoms with E-state index in [1.165, 1.54) is 0 Å². The normalized spacial score (nSPS) is 15.3. The van der Waals surface area contributed by atoms with Crippen molar-refractivity contribution in [2.75, 3.05) is 11.6 Å². The van der Waals surface area contributed by atoms with Crippen molar-refractivity contribution in [1.82, 2.24) is 9.71 Å². The van der Waals surface area contributed by atoms with Crippen molar-refractivity contribution in [3.63, 3.8) is 0 Å². The Morgan fingerprint density at radius 1 is 1.44 bits per heavy atom. The van der Waals surface area contributed by atoms with Crippen molar-refractivity contribution >= 4 is 21.6 Å². The Balaban J connectivity index is 2.61. The monoisotopic (exact) mass is 290 g/mol. The number of halogens is 1. The lowest BCUT2D eigenvalue weighted by atomic mass is 10.0. The van der Waals surface area contributed by atoms with Gasteiger partial charge in [0.2, 0.25) is 10.0 Å². The van der Waals surface area contributed by atoms with Crippen LogP contribution >= 0.6 is 11.6 Å². The fourth-order valence-corrected chi connectivity index (χ4v) is 3.29. The molecule has 1 aromatic heterocycles. The zero-order valence-electron chi connectivity index (χ0n) is 10.7. The summed E-state index contributed by atoms with van der Waals surface area (Å²) in [7, 11) is -3.34. The highest BCUT2D eigenvalue weighted by Crippen LogP contribution is 2.13. The molecule has 1 atom stereocenters. The van der Waals surface area contributed by atoms with Crippen LogP contribution in [0.5, 0.6) is 0 Å². The zero-order valence-corrected chi connectivity index (χ0v) is 12.3.